The highest BCUT2D eigenvalue weighted by atomic mass is 35.5. The molecule has 2 amide bonds. The number of amides is 2. The van der Waals surface area contributed by atoms with E-state index in [1.54, 1.807) is 12.1 Å². The highest BCUT2D eigenvalue weighted by Gasteiger charge is 2.16. The number of carbonyl (C=O) groups excluding carboxylic acids is 2. The van der Waals surface area contributed by atoms with E-state index in [4.69, 9.17) is 26.8 Å². The number of benzene rings is 2. The van der Waals surface area contributed by atoms with E-state index < -0.39 is 18.4 Å². The van der Waals surface area contributed by atoms with Gasteiger partial charge in [0.15, 0.2) is 18.1 Å². The van der Waals surface area contributed by atoms with Crippen molar-refractivity contribution in [2.45, 2.75) is 13.0 Å². The van der Waals surface area contributed by atoms with Crippen LogP contribution < -0.4 is 25.3 Å². The minimum absolute atomic E-state index is 0.0631. The van der Waals surface area contributed by atoms with Crippen molar-refractivity contribution in [2.24, 2.45) is 5.73 Å². The number of halogens is 3. The van der Waals surface area contributed by atoms with Crippen LogP contribution in [0.15, 0.2) is 36.4 Å². The van der Waals surface area contributed by atoms with Crippen LogP contribution in [-0.4, -0.2) is 38.7 Å². The molecule has 0 aliphatic carbocycles. The van der Waals surface area contributed by atoms with Gasteiger partial charge in [-0.2, -0.15) is 8.78 Å². The first-order valence-electron chi connectivity index (χ1n) is 8.40. The fourth-order valence-electron chi connectivity index (χ4n) is 2.39. The Bertz CT molecular complexity index is 862. The molecule has 0 unspecified atom stereocenters. The molecule has 0 spiro atoms. The van der Waals surface area contributed by atoms with Crippen molar-refractivity contribution in [3.8, 4) is 17.2 Å². The van der Waals surface area contributed by atoms with Crippen LogP contribution in [0.3, 0.4) is 0 Å². The summed E-state index contributed by atoms with van der Waals surface area (Å²) in [6.07, 6.45) is 0.478. The molecule has 2 aromatic rings. The second-order valence-corrected chi connectivity index (χ2v) is 6.18. The maximum absolute atomic E-state index is 12.4. The number of alkyl halides is 2. The molecule has 0 atom stereocenters. The van der Waals surface area contributed by atoms with Crippen molar-refractivity contribution in [1.29, 1.82) is 0 Å². The molecule has 0 bridgehead atoms. The molecule has 0 saturated heterocycles. The van der Waals surface area contributed by atoms with Crippen LogP contribution in [0, 0.1) is 0 Å². The van der Waals surface area contributed by atoms with Crippen molar-refractivity contribution in [3.05, 3.63) is 52.5 Å². The second kappa shape index (κ2) is 10.5. The van der Waals surface area contributed by atoms with Crippen LogP contribution in [0.25, 0.3) is 0 Å². The normalized spacial score (nSPS) is 10.5. The summed E-state index contributed by atoms with van der Waals surface area (Å²) < 4.78 is 38.9. The maximum atomic E-state index is 12.4. The molecule has 2 rings (SSSR count). The minimum atomic E-state index is -2.88. The molecule has 0 aromatic heterocycles. The van der Waals surface area contributed by atoms with Crippen LogP contribution in [0.4, 0.5) is 8.78 Å². The van der Waals surface area contributed by atoms with Crippen LogP contribution in [0.1, 0.15) is 15.9 Å². The van der Waals surface area contributed by atoms with Gasteiger partial charge in [-0.1, -0.05) is 23.7 Å². The summed E-state index contributed by atoms with van der Waals surface area (Å²) in [5.41, 5.74) is 6.11. The molecule has 7 nitrogen and oxygen atoms in total. The standard InChI is InChI=1S/C19H19ClF2N2O5/c1-27-15-9-12(8-14(20)17(15)28-10-16(23)25)18(26)24-7-6-11-2-4-13(5-3-11)29-19(21)22/h2-5,8-9,19H,6-7,10H2,1H3,(H2,23,25)(H,24,26). The van der Waals surface area contributed by atoms with E-state index in [2.05, 4.69) is 10.1 Å². The lowest BCUT2D eigenvalue weighted by atomic mass is 10.1. The van der Waals surface area contributed by atoms with Gasteiger partial charge in [0.1, 0.15) is 5.75 Å². The van der Waals surface area contributed by atoms with E-state index >= 15 is 0 Å². The monoisotopic (exact) mass is 428 g/mol. The van der Waals surface area contributed by atoms with E-state index in [9.17, 15) is 18.4 Å². The Kier molecular flexibility index (Phi) is 8.02. The predicted molar refractivity (Wildman–Crippen MR) is 102 cm³/mol. The van der Waals surface area contributed by atoms with Crippen molar-refractivity contribution in [2.75, 3.05) is 20.3 Å². The highest BCUT2D eigenvalue weighted by Crippen LogP contribution is 2.36. The number of hydrogen-bond acceptors (Lipinski definition) is 5. The van der Waals surface area contributed by atoms with Gasteiger partial charge in [0.25, 0.3) is 11.8 Å². The van der Waals surface area contributed by atoms with E-state index in [-0.39, 0.29) is 34.4 Å². The molecule has 3 N–H and O–H groups in total. The van der Waals surface area contributed by atoms with Gasteiger partial charge in [-0.3, -0.25) is 9.59 Å². The number of ether oxygens (including phenoxy) is 3. The van der Waals surface area contributed by atoms with Gasteiger partial charge in [-0.15, -0.1) is 0 Å². The number of nitrogens with two attached hydrogens (primary N) is 1. The number of carbonyl (C=O) groups is 2. The minimum Gasteiger partial charge on any atom is -0.493 e. The third-order valence-corrected chi connectivity index (χ3v) is 3.98. The number of primary amides is 1. The van der Waals surface area contributed by atoms with Crippen LogP contribution >= 0.6 is 11.6 Å². The van der Waals surface area contributed by atoms with E-state index in [1.165, 1.54) is 31.4 Å². The van der Waals surface area contributed by atoms with Gasteiger partial charge in [0.05, 0.1) is 12.1 Å². The molecular weight excluding hydrogens is 410 g/mol. The Morgan fingerprint density at radius 2 is 1.90 bits per heavy atom. The van der Waals surface area contributed by atoms with E-state index in [0.717, 1.165) is 5.56 Å². The summed E-state index contributed by atoms with van der Waals surface area (Å²) in [6, 6.07) is 8.93. The largest absolute Gasteiger partial charge is 0.493 e. The maximum Gasteiger partial charge on any atom is 0.387 e. The zero-order valence-electron chi connectivity index (χ0n) is 15.4. The molecule has 0 saturated carbocycles. The van der Waals surface area contributed by atoms with E-state index in [1.807, 2.05) is 0 Å². The molecule has 0 aliphatic rings. The second-order valence-electron chi connectivity index (χ2n) is 5.77. The average molecular weight is 429 g/mol. The summed E-state index contributed by atoms with van der Waals surface area (Å²) in [5.74, 6) is -0.731. The SMILES string of the molecule is COc1cc(C(=O)NCCc2ccc(OC(F)F)cc2)cc(Cl)c1OCC(N)=O. The molecule has 0 radical (unpaired) electrons. The van der Waals surface area contributed by atoms with Gasteiger partial charge in [-0.25, -0.2) is 0 Å². The Hall–Kier alpha value is -3.07. The summed E-state index contributed by atoms with van der Waals surface area (Å²) in [6.45, 7) is -2.97. The molecule has 0 aliphatic heterocycles. The van der Waals surface area contributed by atoms with E-state index in [0.29, 0.717) is 13.0 Å². The lowest BCUT2D eigenvalue weighted by Gasteiger charge is -2.13. The molecular formula is C19H19ClF2N2O5. The summed E-state index contributed by atoms with van der Waals surface area (Å²) >= 11 is 6.12. The Morgan fingerprint density at radius 1 is 1.21 bits per heavy atom. The third kappa shape index (κ3) is 6.79. The molecule has 0 heterocycles. The van der Waals surface area contributed by atoms with Crippen LogP contribution in [-0.2, 0) is 11.2 Å². The van der Waals surface area contributed by atoms with Crippen molar-refractivity contribution in [3.63, 3.8) is 0 Å². The third-order valence-electron chi connectivity index (χ3n) is 3.70. The summed E-state index contributed by atoms with van der Waals surface area (Å²) in [5, 5.41) is 2.81. The summed E-state index contributed by atoms with van der Waals surface area (Å²) in [7, 11) is 1.37. The number of nitrogens with one attached hydrogen (secondary N) is 1. The topological polar surface area (TPSA) is 99.9 Å². The predicted octanol–water partition coefficient (Wildman–Crippen LogP) is 2.79. The van der Waals surface area contributed by atoms with Gasteiger partial charge < -0.3 is 25.3 Å². The van der Waals surface area contributed by atoms with Crippen molar-refractivity contribution in [1.82, 2.24) is 5.32 Å². The number of rotatable bonds is 10. The van der Waals surface area contributed by atoms with Gasteiger partial charge in [0, 0.05) is 12.1 Å². The molecule has 10 heteroatoms. The highest BCUT2D eigenvalue weighted by molar-refractivity contribution is 6.32. The Morgan fingerprint density at radius 3 is 2.48 bits per heavy atom. The first-order valence-corrected chi connectivity index (χ1v) is 8.78. The summed E-state index contributed by atoms with van der Waals surface area (Å²) in [4.78, 5) is 23.2. The Balaban J connectivity index is 1.96. The lowest BCUT2D eigenvalue weighted by Crippen LogP contribution is -2.26. The van der Waals surface area contributed by atoms with Crippen molar-refractivity contribution < 1.29 is 32.6 Å². The first kappa shape index (κ1) is 22.2. The smallest absolute Gasteiger partial charge is 0.387 e. The lowest BCUT2D eigenvalue weighted by molar-refractivity contribution is -0.119. The number of hydrogen-bond donors (Lipinski definition) is 2. The van der Waals surface area contributed by atoms with Crippen LogP contribution in [0.2, 0.25) is 5.02 Å². The van der Waals surface area contributed by atoms with Crippen molar-refractivity contribution >= 4 is 23.4 Å². The van der Waals surface area contributed by atoms with Gasteiger partial charge in [-0.05, 0) is 36.2 Å². The Labute approximate surface area is 170 Å². The first-order chi connectivity index (χ1) is 13.8. The zero-order valence-corrected chi connectivity index (χ0v) is 16.2. The fraction of sp³-hybridized carbons (Fsp3) is 0.263. The zero-order chi connectivity index (χ0) is 21.4. The average Bonchev–Trinajstić information content (AvgIpc) is 2.67. The fourth-order valence-corrected chi connectivity index (χ4v) is 2.66. The molecule has 0 fully saturated rings. The molecule has 29 heavy (non-hydrogen) atoms. The van der Waals surface area contributed by atoms with Gasteiger partial charge in [0.2, 0.25) is 0 Å². The molecule has 156 valence electrons. The van der Waals surface area contributed by atoms with Crippen LogP contribution in [0.5, 0.6) is 17.2 Å². The molecule has 2 aromatic carbocycles. The number of methoxy groups -OCH3 is 1. The quantitative estimate of drug-likeness (QED) is 0.606. The van der Waals surface area contributed by atoms with Gasteiger partial charge >= 0.3 is 6.61 Å².